The number of likely N-dealkylation sites (N-methyl/N-ethyl adjacent to an activating group) is 1. The zero-order chi connectivity index (χ0) is 18.3. The third kappa shape index (κ3) is 14.2. The van der Waals surface area contributed by atoms with Crippen LogP contribution >= 0.6 is 15.6 Å². The van der Waals surface area contributed by atoms with Crippen LogP contribution in [0.4, 0.5) is 5.82 Å². The molecule has 0 bridgehead atoms. The molecule has 134 valence electrons. The molecule has 14 heteroatoms. The van der Waals surface area contributed by atoms with Crippen LogP contribution in [-0.4, -0.2) is 63.4 Å². The van der Waals surface area contributed by atoms with E-state index in [9.17, 15) is 13.9 Å². The lowest BCUT2D eigenvalue weighted by Crippen LogP contribution is -2.37. The molecule has 23 heavy (non-hydrogen) atoms. The molecule has 0 spiro atoms. The summed E-state index contributed by atoms with van der Waals surface area (Å²) < 4.78 is 29.6. The summed E-state index contributed by atoms with van der Waals surface area (Å²) in [6.07, 6.45) is 1.45. The van der Waals surface area contributed by atoms with Crippen LogP contribution < -0.4 is 11.4 Å². The van der Waals surface area contributed by atoms with Crippen molar-refractivity contribution < 1.29 is 37.1 Å². The predicted molar refractivity (Wildman–Crippen MR) is 81.1 cm³/mol. The van der Waals surface area contributed by atoms with Gasteiger partial charge in [0.15, 0.2) is 0 Å². The average molecular weight is 375 g/mol. The number of quaternary nitrogens is 1. The summed E-state index contributed by atoms with van der Waals surface area (Å²) in [5.74, 6) is 0.244. The number of anilines is 1. The molecule has 0 saturated heterocycles. The molecule has 0 saturated carbocycles. The van der Waals surface area contributed by atoms with Crippen molar-refractivity contribution in [3.05, 3.63) is 22.7 Å². The molecular weight excluding hydrogens is 354 g/mol. The minimum atomic E-state index is -5.01. The monoisotopic (exact) mass is 375 g/mol. The Kier molecular flexibility index (Phi) is 8.25. The highest BCUT2D eigenvalue weighted by Crippen LogP contribution is 2.57. The lowest BCUT2D eigenvalue weighted by Gasteiger charge is -2.23. The van der Waals surface area contributed by atoms with Crippen molar-refractivity contribution in [1.29, 1.82) is 0 Å². The van der Waals surface area contributed by atoms with E-state index in [-0.39, 0.29) is 12.4 Å². The van der Waals surface area contributed by atoms with E-state index in [0.29, 0.717) is 11.0 Å². The van der Waals surface area contributed by atoms with E-state index in [2.05, 4.69) is 18.8 Å². The molecule has 12 nitrogen and oxygen atoms in total. The van der Waals surface area contributed by atoms with Gasteiger partial charge >= 0.3 is 21.3 Å². The summed E-state index contributed by atoms with van der Waals surface area (Å²) in [4.78, 5) is 41.3. The van der Waals surface area contributed by atoms with E-state index in [1.165, 1.54) is 12.3 Å². The van der Waals surface area contributed by atoms with Crippen LogP contribution in [0, 0.1) is 0 Å². The summed E-state index contributed by atoms with van der Waals surface area (Å²) >= 11 is 0. The third-order valence-electron chi connectivity index (χ3n) is 1.92. The lowest BCUT2D eigenvalue weighted by atomic mass is 10.5. The Morgan fingerprint density at radius 1 is 1.30 bits per heavy atom. The molecule has 0 aliphatic carbocycles. The predicted octanol–water partition coefficient (Wildman–Crippen LogP) is -0.729. The highest BCUT2D eigenvalue weighted by Gasteiger charge is 2.32. The number of aromatic nitrogens is 2. The van der Waals surface area contributed by atoms with Gasteiger partial charge < -0.3 is 29.9 Å². The molecule has 0 aromatic carbocycles. The number of nitrogens with one attached hydrogen (secondary N) is 1. The zero-order valence-corrected chi connectivity index (χ0v) is 14.6. The van der Waals surface area contributed by atoms with Crippen molar-refractivity contribution in [3.8, 4) is 0 Å². The van der Waals surface area contributed by atoms with Crippen molar-refractivity contribution in [1.82, 2.24) is 9.97 Å². The molecule has 6 N–H and O–H groups in total. The fourth-order valence-corrected chi connectivity index (χ4v) is 2.55. The van der Waals surface area contributed by atoms with Gasteiger partial charge in [-0.1, -0.05) is 0 Å². The Morgan fingerprint density at radius 3 is 2.22 bits per heavy atom. The fraction of sp³-hybridized carbons (Fsp3) is 0.556. The van der Waals surface area contributed by atoms with Gasteiger partial charge in [-0.25, -0.2) is 13.9 Å². The molecule has 1 atom stereocenters. The first-order chi connectivity index (χ1) is 10.2. The van der Waals surface area contributed by atoms with Gasteiger partial charge in [0, 0.05) is 6.20 Å². The van der Waals surface area contributed by atoms with Gasteiger partial charge in [-0.2, -0.15) is 9.29 Å². The fourth-order valence-electron chi connectivity index (χ4n) is 0.973. The van der Waals surface area contributed by atoms with Gasteiger partial charge in [0.25, 0.3) is 0 Å². The van der Waals surface area contributed by atoms with Gasteiger partial charge in [-0.05, 0) is 6.07 Å². The van der Waals surface area contributed by atoms with Gasteiger partial charge in [0.05, 0.1) is 21.1 Å². The molecule has 1 unspecified atom stereocenters. The number of nitrogens with zero attached hydrogens (tertiary/aromatic N) is 2. The summed E-state index contributed by atoms with van der Waals surface area (Å²) in [6.45, 7) is 0.256. The van der Waals surface area contributed by atoms with Gasteiger partial charge in [-0.3, -0.25) is 4.52 Å². The van der Waals surface area contributed by atoms with E-state index < -0.39 is 21.3 Å². The second-order valence-corrected chi connectivity index (χ2v) is 8.04. The molecule has 1 rings (SSSR count). The number of aromatic amines is 1. The standard InChI is InChI=1S/C5H15NO7P2.C4H5N3O/c1-6(2,3)4-5-12-15(10,11)13-14(7,8)9;5-3-1-2-6-4(8)7-3/h4-5H2,1-3H3,(H2-,7,8,9,10,11);1-2H,(H3,5,6,7,8)/p+1. The molecule has 1 heterocycles. The van der Waals surface area contributed by atoms with Crippen LogP contribution in [0.5, 0.6) is 0 Å². The summed E-state index contributed by atoms with van der Waals surface area (Å²) in [7, 11) is -4.20. The van der Waals surface area contributed by atoms with Crippen LogP contribution in [-0.2, 0) is 18.0 Å². The molecule has 0 aliphatic rings. The van der Waals surface area contributed by atoms with Crippen LogP contribution in [0.3, 0.4) is 0 Å². The van der Waals surface area contributed by atoms with Crippen molar-refractivity contribution in [2.45, 2.75) is 0 Å². The van der Waals surface area contributed by atoms with Gasteiger partial charge in [-0.15, -0.1) is 0 Å². The van der Waals surface area contributed by atoms with Gasteiger partial charge in [0.2, 0.25) is 0 Å². The molecule has 0 fully saturated rings. The molecule has 0 radical (unpaired) electrons. The third-order valence-corrected chi connectivity index (χ3v) is 4.10. The van der Waals surface area contributed by atoms with Crippen LogP contribution in [0.2, 0.25) is 0 Å². The van der Waals surface area contributed by atoms with Crippen molar-refractivity contribution in [2.24, 2.45) is 0 Å². The zero-order valence-electron chi connectivity index (χ0n) is 12.8. The number of phosphoric acid groups is 2. The number of nitrogens with two attached hydrogens (primary N) is 1. The van der Waals surface area contributed by atoms with Crippen LogP contribution in [0.25, 0.3) is 0 Å². The number of hydrogen-bond acceptors (Lipinski definition) is 7. The van der Waals surface area contributed by atoms with E-state index in [4.69, 9.17) is 20.4 Å². The molecule has 1 aromatic heterocycles. The summed E-state index contributed by atoms with van der Waals surface area (Å²) in [5, 5.41) is 0. The van der Waals surface area contributed by atoms with E-state index in [1.807, 2.05) is 21.1 Å². The van der Waals surface area contributed by atoms with Crippen molar-refractivity contribution in [3.63, 3.8) is 0 Å². The first-order valence-electron chi connectivity index (χ1n) is 6.06. The van der Waals surface area contributed by atoms with E-state index in [1.54, 1.807) is 0 Å². The Morgan fingerprint density at radius 2 is 1.87 bits per heavy atom. The van der Waals surface area contributed by atoms with Gasteiger partial charge in [0.1, 0.15) is 19.0 Å². The molecular formula is C9H21N4O8P2+. The van der Waals surface area contributed by atoms with Crippen LogP contribution in [0.1, 0.15) is 0 Å². The van der Waals surface area contributed by atoms with E-state index in [0.717, 1.165) is 0 Å². The number of nitrogen functional groups attached to an aromatic ring is 1. The minimum absolute atomic E-state index is 0.142. The van der Waals surface area contributed by atoms with Crippen molar-refractivity contribution >= 4 is 21.5 Å². The second-order valence-electron chi connectivity index (χ2n) is 5.21. The van der Waals surface area contributed by atoms with E-state index >= 15 is 0 Å². The Hall–Kier alpha value is -1.10. The number of H-pyrrole nitrogens is 1. The van der Waals surface area contributed by atoms with Crippen molar-refractivity contribution in [2.75, 3.05) is 40.0 Å². The maximum Gasteiger partial charge on any atom is 0.481 e. The number of phosphoric ester groups is 1. The summed E-state index contributed by atoms with van der Waals surface area (Å²) in [6, 6.07) is 1.52. The SMILES string of the molecule is C[N+](C)(C)CCOP(=O)(O)OP(=O)(O)O.Nc1cc[nH]c(=O)n1. The van der Waals surface area contributed by atoms with Crippen LogP contribution in [0.15, 0.2) is 17.1 Å². The number of rotatable bonds is 6. The second kappa shape index (κ2) is 8.67. The first-order valence-corrected chi connectivity index (χ1v) is 9.09. The maximum absolute atomic E-state index is 10.9. The quantitative estimate of drug-likeness (QED) is 0.313. The Balaban J connectivity index is 0.000000502. The number of hydrogen-bond donors (Lipinski definition) is 5. The molecule has 1 aromatic rings. The maximum atomic E-state index is 10.9. The molecule has 0 amide bonds. The summed E-state index contributed by atoms with van der Waals surface area (Å²) in [5.41, 5.74) is 4.72. The normalized spacial score (nSPS) is 14.5. The Bertz CT molecular complexity index is 637. The highest BCUT2D eigenvalue weighted by molar-refractivity contribution is 7.60. The Labute approximate surface area is 132 Å². The smallest absolute Gasteiger partial charge is 0.383 e. The minimum Gasteiger partial charge on any atom is -0.383 e. The lowest BCUT2D eigenvalue weighted by molar-refractivity contribution is -0.870. The molecule has 0 aliphatic heterocycles. The highest BCUT2D eigenvalue weighted by atomic mass is 31.3. The topological polar surface area (TPSA) is 185 Å². The first kappa shape index (κ1) is 21.9. The largest absolute Gasteiger partial charge is 0.481 e. The average Bonchev–Trinajstić information content (AvgIpc) is 2.23.